The number of aromatic hydroxyl groups is 1. The molecule has 0 amide bonds. The largest absolute Gasteiger partial charge is 0.479 e. The number of hydrogen-bond donors (Lipinski definition) is 3. The third-order valence-corrected chi connectivity index (χ3v) is 4.41. The SMILES string of the molecule is C1=CC2=CC=C1C2.CCc1cccc(CC)c1-c1nc(O)nc(NN)n1. The van der Waals surface area contributed by atoms with E-state index >= 15 is 0 Å². The first kappa shape index (κ1) is 17.8. The fourth-order valence-corrected chi connectivity index (χ4v) is 3.08. The van der Waals surface area contributed by atoms with E-state index in [4.69, 9.17) is 5.84 Å². The van der Waals surface area contributed by atoms with Crippen LogP contribution in [0.4, 0.5) is 5.95 Å². The molecule has 6 nitrogen and oxygen atoms in total. The predicted molar refractivity (Wildman–Crippen MR) is 103 cm³/mol. The van der Waals surface area contributed by atoms with E-state index in [0.717, 1.165) is 29.5 Å². The Morgan fingerprint density at radius 3 is 2.04 bits per heavy atom. The second-order valence-electron chi connectivity index (χ2n) is 6.08. The lowest BCUT2D eigenvalue weighted by atomic mass is 9.97. The molecule has 4 N–H and O–H groups in total. The molecule has 0 radical (unpaired) electrons. The predicted octanol–water partition coefficient (Wildman–Crippen LogP) is 3.47. The molecule has 134 valence electrons. The molecular formula is C20H23N5O. The maximum Gasteiger partial charge on any atom is 0.319 e. The van der Waals surface area contributed by atoms with Gasteiger partial charge in [-0.15, -0.1) is 0 Å². The van der Waals surface area contributed by atoms with Crippen LogP contribution in [0.5, 0.6) is 6.01 Å². The van der Waals surface area contributed by atoms with E-state index < -0.39 is 0 Å². The van der Waals surface area contributed by atoms with Crippen LogP contribution in [0.25, 0.3) is 11.4 Å². The molecule has 0 saturated carbocycles. The minimum Gasteiger partial charge on any atom is -0.479 e. The number of hydrogen-bond acceptors (Lipinski definition) is 6. The molecule has 0 aliphatic heterocycles. The van der Waals surface area contributed by atoms with Crippen LogP contribution in [-0.2, 0) is 12.8 Å². The molecule has 1 heterocycles. The van der Waals surface area contributed by atoms with Gasteiger partial charge in [0.15, 0.2) is 5.82 Å². The summed E-state index contributed by atoms with van der Waals surface area (Å²) in [6, 6.07) is 5.74. The van der Waals surface area contributed by atoms with E-state index in [9.17, 15) is 5.11 Å². The number of nitrogen functional groups attached to an aromatic ring is 1. The summed E-state index contributed by atoms with van der Waals surface area (Å²) in [4.78, 5) is 11.9. The Morgan fingerprint density at radius 2 is 1.62 bits per heavy atom. The summed E-state index contributed by atoms with van der Waals surface area (Å²) in [6.45, 7) is 4.14. The lowest BCUT2D eigenvalue weighted by Gasteiger charge is -2.12. The van der Waals surface area contributed by atoms with Gasteiger partial charge in [0, 0.05) is 5.56 Å². The molecule has 1 aromatic heterocycles. The normalized spacial score (nSPS) is 13.8. The van der Waals surface area contributed by atoms with E-state index in [1.807, 2.05) is 18.2 Å². The average molecular weight is 349 g/mol. The summed E-state index contributed by atoms with van der Waals surface area (Å²) >= 11 is 0. The Balaban J connectivity index is 0.000000229. The molecule has 2 bridgehead atoms. The van der Waals surface area contributed by atoms with Gasteiger partial charge in [-0.2, -0.15) is 15.0 Å². The quantitative estimate of drug-likeness (QED) is 0.578. The van der Waals surface area contributed by atoms with Gasteiger partial charge in [-0.05, 0) is 41.5 Å². The van der Waals surface area contributed by atoms with Crippen LogP contribution in [0.3, 0.4) is 0 Å². The molecule has 0 saturated heterocycles. The van der Waals surface area contributed by atoms with Gasteiger partial charge in [-0.3, -0.25) is 5.43 Å². The number of nitrogens with zero attached hydrogens (tertiary/aromatic N) is 3. The van der Waals surface area contributed by atoms with E-state index in [0.29, 0.717) is 5.82 Å². The van der Waals surface area contributed by atoms with Crippen LogP contribution in [0.1, 0.15) is 31.4 Å². The summed E-state index contributed by atoms with van der Waals surface area (Å²) in [5, 5.41) is 9.56. The summed E-state index contributed by atoms with van der Waals surface area (Å²) in [5.74, 6) is 5.88. The molecule has 26 heavy (non-hydrogen) atoms. The fourth-order valence-electron chi connectivity index (χ4n) is 3.08. The van der Waals surface area contributed by atoms with Gasteiger partial charge in [-0.25, -0.2) is 5.84 Å². The van der Waals surface area contributed by atoms with Crippen molar-refractivity contribution < 1.29 is 5.11 Å². The molecule has 0 spiro atoms. The number of nitrogens with two attached hydrogens (primary N) is 1. The highest BCUT2D eigenvalue weighted by Gasteiger charge is 2.14. The van der Waals surface area contributed by atoms with Crippen LogP contribution in [-0.4, -0.2) is 20.1 Å². The number of aryl methyl sites for hydroxylation is 2. The summed E-state index contributed by atoms with van der Waals surface area (Å²) in [7, 11) is 0. The van der Waals surface area contributed by atoms with Crippen LogP contribution < -0.4 is 11.3 Å². The minimum absolute atomic E-state index is 0.149. The number of allylic oxidation sites excluding steroid dienone is 6. The third-order valence-electron chi connectivity index (χ3n) is 4.41. The first-order valence-electron chi connectivity index (χ1n) is 8.75. The number of benzene rings is 1. The third kappa shape index (κ3) is 3.81. The summed E-state index contributed by atoms with van der Waals surface area (Å²) in [5.41, 5.74) is 8.48. The lowest BCUT2D eigenvalue weighted by Crippen LogP contribution is -2.12. The van der Waals surface area contributed by atoms with Gasteiger partial charge >= 0.3 is 6.01 Å². The van der Waals surface area contributed by atoms with E-state index in [1.165, 1.54) is 17.6 Å². The van der Waals surface area contributed by atoms with E-state index in [1.54, 1.807) is 0 Å². The first-order valence-corrected chi connectivity index (χ1v) is 8.75. The lowest BCUT2D eigenvalue weighted by molar-refractivity contribution is 0.430. The second kappa shape index (κ2) is 7.93. The van der Waals surface area contributed by atoms with Crippen molar-refractivity contribution in [3.8, 4) is 17.4 Å². The topological polar surface area (TPSA) is 97.0 Å². The van der Waals surface area contributed by atoms with Crippen molar-refractivity contribution in [1.82, 2.24) is 15.0 Å². The first-order chi connectivity index (χ1) is 12.6. The summed E-state index contributed by atoms with van der Waals surface area (Å²) in [6.07, 6.45) is 11.6. The van der Waals surface area contributed by atoms with Crippen LogP contribution >= 0.6 is 0 Å². The number of aromatic nitrogens is 3. The number of anilines is 1. The molecular weight excluding hydrogens is 326 g/mol. The molecule has 0 fully saturated rings. The molecule has 0 unspecified atom stereocenters. The molecule has 1 aromatic carbocycles. The Bertz CT molecular complexity index is 857. The molecule has 0 atom stereocenters. The molecule has 2 aliphatic carbocycles. The van der Waals surface area contributed by atoms with Crippen LogP contribution in [0.2, 0.25) is 0 Å². The fraction of sp³-hybridized carbons (Fsp3) is 0.250. The maximum absolute atomic E-state index is 9.56. The van der Waals surface area contributed by atoms with Gasteiger partial charge in [-0.1, -0.05) is 56.4 Å². The molecule has 2 aromatic rings. The Morgan fingerprint density at radius 1 is 1.00 bits per heavy atom. The van der Waals surface area contributed by atoms with Crippen molar-refractivity contribution in [3.63, 3.8) is 0 Å². The Kier molecular flexibility index (Phi) is 5.43. The van der Waals surface area contributed by atoms with Crippen LogP contribution in [0, 0.1) is 0 Å². The molecule has 2 aliphatic rings. The van der Waals surface area contributed by atoms with Gasteiger partial charge in [0.2, 0.25) is 5.95 Å². The Labute approximate surface area is 153 Å². The highest BCUT2D eigenvalue weighted by Crippen LogP contribution is 2.28. The van der Waals surface area contributed by atoms with Gasteiger partial charge in [0.05, 0.1) is 0 Å². The van der Waals surface area contributed by atoms with Crippen LogP contribution in [0.15, 0.2) is 53.6 Å². The van der Waals surface area contributed by atoms with Crippen molar-refractivity contribution in [2.75, 3.05) is 5.43 Å². The highest BCUT2D eigenvalue weighted by molar-refractivity contribution is 5.66. The second-order valence-corrected chi connectivity index (χ2v) is 6.08. The van der Waals surface area contributed by atoms with Gasteiger partial charge < -0.3 is 5.11 Å². The number of nitrogens with one attached hydrogen (secondary N) is 1. The van der Waals surface area contributed by atoms with Crippen molar-refractivity contribution >= 4 is 5.95 Å². The van der Waals surface area contributed by atoms with Crippen molar-refractivity contribution in [3.05, 3.63) is 64.8 Å². The van der Waals surface area contributed by atoms with Crippen molar-refractivity contribution in [1.29, 1.82) is 0 Å². The zero-order chi connectivity index (χ0) is 18.5. The number of hydrazine groups is 1. The number of rotatable bonds is 4. The minimum atomic E-state index is -0.342. The van der Waals surface area contributed by atoms with Gasteiger partial charge in [0.1, 0.15) is 0 Å². The highest BCUT2D eigenvalue weighted by atomic mass is 16.3. The smallest absolute Gasteiger partial charge is 0.319 e. The zero-order valence-electron chi connectivity index (χ0n) is 15.0. The van der Waals surface area contributed by atoms with E-state index in [-0.39, 0.29) is 12.0 Å². The van der Waals surface area contributed by atoms with Crippen molar-refractivity contribution in [2.24, 2.45) is 5.84 Å². The molecule has 4 rings (SSSR count). The van der Waals surface area contributed by atoms with Crippen molar-refractivity contribution in [2.45, 2.75) is 33.1 Å². The summed E-state index contributed by atoms with van der Waals surface area (Å²) < 4.78 is 0. The standard InChI is InChI=1S/C13H17N5O.C7H6/c1-3-8-6-5-7-9(4-2)10(8)11-15-12(18-14)17-13(19)16-11;1-2-7-4-3-6(1)5-7/h5-7H,3-4,14H2,1-2H3,(H2,15,16,17,18,19);1-4H,5H2. The number of fused-ring (bicyclic) bond motifs is 2. The average Bonchev–Trinajstić information content (AvgIpc) is 3.33. The Hall–Kier alpha value is -2.99. The monoisotopic (exact) mass is 349 g/mol. The van der Waals surface area contributed by atoms with E-state index in [2.05, 4.69) is 58.5 Å². The zero-order valence-corrected chi connectivity index (χ0v) is 15.0. The van der Waals surface area contributed by atoms with Gasteiger partial charge in [0.25, 0.3) is 0 Å². The molecule has 6 heteroatoms. The maximum atomic E-state index is 9.56.